The summed E-state index contributed by atoms with van der Waals surface area (Å²) >= 11 is 0. The molecule has 2 N–H and O–H groups in total. The van der Waals surface area contributed by atoms with Crippen LogP contribution in [0.5, 0.6) is 0 Å². The van der Waals surface area contributed by atoms with Gasteiger partial charge in [0, 0.05) is 47.9 Å². The Hall–Kier alpha value is -2.35. The van der Waals surface area contributed by atoms with Gasteiger partial charge in [0.1, 0.15) is 0 Å². The van der Waals surface area contributed by atoms with E-state index in [1.54, 1.807) is 0 Å². The number of carbonyl (C=O) groups excluding carboxylic acids is 1. The molecule has 0 aromatic heterocycles. The van der Waals surface area contributed by atoms with Crippen molar-refractivity contribution in [3.05, 3.63) is 29.3 Å². The molecule has 2 heterocycles. The summed E-state index contributed by atoms with van der Waals surface area (Å²) in [7, 11) is 1.91. The molecule has 0 radical (unpaired) electrons. The Morgan fingerprint density at radius 1 is 1.26 bits per heavy atom. The van der Waals surface area contributed by atoms with Crippen LogP contribution in [0, 0.1) is 33.5 Å². The summed E-state index contributed by atoms with van der Waals surface area (Å²) in [5, 5.41) is 22.2. The Labute approximate surface area is 185 Å². The van der Waals surface area contributed by atoms with Crippen LogP contribution in [0.4, 0.5) is 5.69 Å². The molecule has 5 fully saturated rings. The normalized spacial score (nSPS) is 31.4. The third kappa shape index (κ3) is 3.35. The third-order valence-electron chi connectivity index (χ3n) is 8.36. The molecule has 3 aliphatic carbocycles. The molecule has 6 rings (SSSR count). The second kappa shape index (κ2) is 7.08. The van der Waals surface area contributed by atoms with E-state index in [4.69, 9.17) is 5.41 Å². The standard InChI is InChI=1S/C26H34N4O/c1-25(2,24(28)23-20(17-7-8-17)5-4-6-21(23)29-3)14-22(31)30-18-9-16-10-19(30)13-26(11-16,12-18)15-27/h4-6,16-19,28-29H,7-14H2,1-3H3. The van der Waals surface area contributed by atoms with Crippen molar-refractivity contribution >= 4 is 17.3 Å². The number of nitrogens with zero attached hydrogens (tertiary/aromatic N) is 2. The van der Waals surface area contributed by atoms with Crippen molar-refractivity contribution in [3.8, 4) is 6.07 Å². The van der Waals surface area contributed by atoms with Crippen molar-refractivity contribution in [2.24, 2.45) is 16.7 Å². The first kappa shape index (κ1) is 20.5. The third-order valence-corrected chi connectivity index (χ3v) is 8.36. The molecule has 1 aromatic rings. The number of hydrogen-bond donors (Lipinski definition) is 2. The fraction of sp³-hybridized carbons (Fsp3) is 0.654. The Kier molecular flexibility index (Phi) is 4.70. The molecule has 2 unspecified atom stereocenters. The highest BCUT2D eigenvalue weighted by Gasteiger charge is 2.56. The minimum Gasteiger partial charge on any atom is -0.388 e. The van der Waals surface area contributed by atoms with Crippen LogP contribution in [-0.2, 0) is 4.79 Å². The molecule has 164 valence electrons. The average molecular weight is 419 g/mol. The molecule has 5 nitrogen and oxygen atoms in total. The number of hydrogen-bond acceptors (Lipinski definition) is 4. The molecule has 0 spiro atoms. The Morgan fingerprint density at radius 2 is 1.94 bits per heavy atom. The topological polar surface area (TPSA) is 80.0 Å². The minimum absolute atomic E-state index is 0.173. The van der Waals surface area contributed by atoms with Crippen LogP contribution in [0.1, 0.15) is 82.3 Å². The number of piperidine rings is 2. The van der Waals surface area contributed by atoms with Gasteiger partial charge in [0.05, 0.1) is 11.5 Å². The van der Waals surface area contributed by atoms with Crippen LogP contribution in [0.25, 0.3) is 0 Å². The van der Waals surface area contributed by atoms with Gasteiger partial charge in [-0.2, -0.15) is 5.26 Å². The summed E-state index contributed by atoms with van der Waals surface area (Å²) in [5.41, 5.74) is 3.06. The van der Waals surface area contributed by atoms with E-state index in [2.05, 4.69) is 28.4 Å². The lowest BCUT2D eigenvalue weighted by Crippen LogP contribution is -2.63. The van der Waals surface area contributed by atoms with Gasteiger partial charge in [-0.1, -0.05) is 26.0 Å². The van der Waals surface area contributed by atoms with E-state index in [0.29, 0.717) is 24.0 Å². The van der Waals surface area contributed by atoms with Crippen molar-refractivity contribution in [2.75, 3.05) is 12.4 Å². The Bertz CT molecular complexity index is 954. The van der Waals surface area contributed by atoms with Crippen LogP contribution < -0.4 is 5.32 Å². The zero-order valence-corrected chi connectivity index (χ0v) is 19.0. The van der Waals surface area contributed by atoms with Gasteiger partial charge in [-0.15, -0.1) is 0 Å². The van der Waals surface area contributed by atoms with Crippen molar-refractivity contribution in [3.63, 3.8) is 0 Å². The van der Waals surface area contributed by atoms with Crippen LogP contribution >= 0.6 is 0 Å². The fourth-order valence-electron chi connectivity index (χ4n) is 6.86. The van der Waals surface area contributed by atoms with Crippen molar-refractivity contribution in [1.82, 2.24) is 4.90 Å². The number of carbonyl (C=O) groups is 1. The minimum atomic E-state index is -0.546. The smallest absolute Gasteiger partial charge is 0.224 e. The van der Waals surface area contributed by atoms with Gasteiger partial charge in [0.25, 0.3) is 0 Å². The summed E-state index contributed by atoms with van der Waals surface area (Å²) in [5.74, 6) is 1.33. The van der Waals surface area contributed by atoms with Gasteiger partial charge in [-0.25, -0.2) is 0 Å². The number of nitriles is 1. The summed E-state index contributed by atoms with van der Waals surface area (Å²) in [6, 6.07) is 9.31. The summed E-state index contributed by atoms with van der Waals surface area (Å²) in [6.45, 7) is 4.09. The van der Waals surface area contributed by atoms with E-state index in [0.717, 1.165) is 43.4 Å². The van der Waals surface area contributed by atoms with Crippen LogP contribution in [-0.4, -0.2) is 35.7 Å². The van der Waals surface area contributed by atoms with Gasteiger partial charge in [0.2, 0.25) is 5.91 Å². The highest BCUT2D eigenvalue weighted by atomic mass is 16.2. The number of benzene rings is 1. The van der Waals surface area contributed by atoms with E-state index >= 15 is 0 Å². The molecule has 2 aliphatic heterocycles. The Morgan fingerprint density at radius 3 is 2.52 bits per heavy atom. The number of nitrogens with one attached hydrogen (secondary N) is 2. The summed E-state index contributed by atoms with van der Waals surface area (Å²) in [4.78, 5) is 15.7. The van der Waals surface area contributed by atoms with Crippen molar-refractivity contribution in [1.29, 1.82) is 10.7 Å². The maximum Gasteiger partial charge on any atom is 0.224 e. The molecule has 5 heteroatoms. The van der Waals surface area contributed by atoms with E-state index in [1.807, 2.05) is 27.0 Å². The maximum absolute atomic E-state index is 13.6. The molecule has 2 saturated heterocycles. The second-order valence-corrected chi connectivity index (χ2v) is 11.2. The van der Waals surface area contributed by atoms with Gasteiger partial charge < -0.3 is 15.6 Å². The zero-order chi connectivity index (χ0) is 22.0. The molecule has 1 amide bonds. The van der Waals surface area contributed by atoms with Crippen molar-refractivity contribution in [2.45, 2.75) is 83.2 Å². The van der Waals surface area contributed by atoms with Crippen molar-refractivity contribution < 1.29 is 4.79 Å². The highest BCUT2D eigenvalue weighted by molar-refractivity contribution is 6.09. The van der Waals surface area contributed by atoms with E-state index in [9.17, 15) is 10.1 Å². The summed E-state index contributed by atoms with van der Waals surface area (Å²) in [6.07, 6.45) is 7.54. The lowest BCUT2D eigenvalue weighted by Gasteiger charge is -2.59. The first-order valence-corrected chi connectivity index (χ1v) is 11.9. The predicted molar refractivity (Wildman–Crippen MR) is 122 cm³/mol. The first-order chi connectivity index (χ1) is 14.8. The van der Waals surface area contributed by atoms with E-state index in [-0.39, 0.29) is 23.4 Å². The molecular formula is C26H34N4O. The Balaban J connectivity index is 1.38. The van der Waals surface area contributed by atoms with Crippen LogP contribution in [0.15, 0.2) is 18.2 Å². The first-order valence-electron chi connectivity index (χ1n) is 11.9. The number of amides is 1. The molecule has 3 saturated carbocycles. The summed E-state index contributed by atoms with van der Waals surface area (Å²) < 4.78 is 0. The molecule has 5 aliphatic rings. The highest BCUT2D eigenvalue weighted by Crippen LogP contribution is 2.56. The monoisotopic (exact) mass is 418 g/mol. The fourth-order valence-corrected chi connectivity index (χ4v) is 6.86. The SMILES string of the molecule is CNc1cccc(C2CC2)c1C(=N)C(C)(C)CC(=O)N1C2CC3CC1CC(C#N)(C3)C2. The van der Waals surface area contributed by atoms with Gasteiger partial charge in [0.15, 0.2) is 0 Å². The van der Waals surface area contributed by atoms with Crippen LogP contribution in [0.2, 0.25) is 0 Å². The van der Waals surface area contributed by atoms with Gasteiger partial charge >= 0.3 is 0 Å². The lowest BCUT2D eigenvalue weighted by atomic mass is 9.56. The van der Waals surface area contributed by atoms with Gasteiger partial charge in [-0.05, 0) is 68.4 Å². The van der Waals surface area contributed by atoms with Crippen LogP contribution in [0.3, 0.4) is 0 Å². The number of anilines is 1. The van der Waals surface area contributed by atoms with E-state index < -0.39 is 5.41 Å². The second-order valence-electron chi connectivity index (χ2n) is 11.2. The number of rotatable bonds is 6. The average Bonchev–Trinajstić information content (AvgIpc) is 3.56. The largest absolute Gasteiger partial charge is 0.388 e. The lowest BCUT2D eigenvalue weighted by molar-refractivity contribution is -0.154. The molecule has 31 heavy (non-hydrogen) atoms. The molecule has 4 bridgehead atoms. The maximum atomic E-state index is 13.6. The molecule has 1 aromatic carbocycles. The predicted octanol–water partition coefficient (Wildman–Crippen LogP) is 5.07. The molecule has 2 atom stereocenters. The van der Waals surface area contributed by atoms with E-state index in [1.165, 1.54) is 18.4 Å². The quantitative estimate of drug-likeness (QED) is 0.633. The molecular weight excluding hydrogens is 384 g/mol. The van der Waals surface area contributed by atoms with Gasteiger partial charge in [-0.3, -0.25) is 4.79 Å². The zero-order valence-electron chi connectivity index (χ0n) is 19.0.